The van der Waals surface area contributed by atoms with E-state index >= 15 is 0 Å². The van der Waals surface area contributed by atoms with Gasteiger partial charge in [0.05, 0.1) is 19.8 Å². The maximum atomic E-state index is 12.9. The standard InChI is InChI=1S/C29H30Cl3NO7/c1-2-38-27(28(34)35)17-20-3-7-25(8-4-20)39-14-12-33(29(36)40-26-9-5-22(30)6-10-26)11-13-37-19-21-15-23(31)18-24(32)16-21/h3-10,15-16,18,27H,2,11-14,17,19H2,1H3,(H,34,35). The third-order valence-corrected chi connectivity index (χ3v) is 6.28. The van der Waals surface area contributed by atoms with Gasteiger partial charge in [-0.2, -0.15) is 0 Å². The van der Waals surface area contributed by atoms with Crippen LogP contribution in [0.25, 0.3) is 0 Å². The molecule has 0 spiro atoms. The van der Waals surface area contributed by atoms with Crippen LogP contribution in [-0.2, 0) is 27.3 Å². The molecule has 0 saturated carbocycles. The van der Waals surface area contributed by atoms with E-state index in [1.165, 1.54) is 4.90 Å². The topological polar surface area (TPSA) is 94.5 Å². The van der Waals surface area contributed by atoms with Crippen molar-refractivity contribution in [2.45, 2.75) is 26.1 Å². The number of hydrogen-bond acceptors (Lipinski definition) is 6. The number of aliphatic carboxylic acids is 1. The second kappa shape index (κ2) is 16.3. The van der Waals surface area contributed by atoms with E-state index in [0.717, 1.165) is 11.1 Å². The van der Waals surface area contributed by atoms with Crippen molar-refractivity contribution < 1.29 is 33.6 Å². The summed E-state index contributed by atoms with van der Waals surface area (Å²) in [6.07, 6.45) is -1.23. The number of carbonyl (C=O) groups excluding carboxylic acids is 1. The molecule has 0 heterocycles. The van der Waals surface area contributed by atoms with Crippen LogP contribution in [-0.4, -0.2) is 61.1 Å². The Kier molecular flexibility index (Phi) is 12.8. The number of carboxylic acid groups (broad SMARTS) is 1. The summed E-state index contributed by atoms with van der Waals surface area (Å²) < 4.78 is 22.3. The number of halogens is 3. The molecule has 8 nitrogen and oxygen atoms in total. The third kappa shape index (κ3) is 10.9. The lowest BCUT2D eigenvalue weighted by molar-refractivity contribution is -0.149. The highest BCUT2D eigenvalue weighted by Crippen LogP contribution is 2.20. The van der Waals surface area contributed by atoms with Crippen molar-refractivity contribution in [1.82, 2.24) is 4.90 Å². The molecule has 0 saturated heterocycles. The van der Waals surface area contributed by atoms with Gasteiger partial charge in [0.25, 0.3) is 0 Å². The van der Waals surface area contributed by atoms with Gasteiger partial charge < -0.3 is 29.0 Å². The zero-order valence-corrected chi connectivity index (χ0v) is 24.1. The lowest BCUT2D eigenvalue weighted by Crippen LogP contribution is -2.39. The second-order valence-electron chi connectivity index (χ2n) is 8.62. The summed E-state index contributed by atoms with van der Waals surface area (Å²) in [4.78, 5) is 25.7. The molecule has 0 radical (unpaired) electrons. The molecule has 0 fully saturated rings. The Morgan fingerprint density at radius 3 is 2.08 bits per heavy atom. The van der Waals surface area contributed by atoms with E-state index in [9.17, 15) is 14.7 Å². The molecule has 1 N–H and O–H groups in total. The molecule has 0 bridgehead atoms. The van der Waals surface area contributed by atoms with Crippen LogP contribution in [0.4, 0.5) is 4.79 Å². The summed E-state index contributed by atoms with van der Waals surface area (Å²) in [5, 5.41) is 10.8. The van der Waals surface area contributed by atoms with E-state index in [2.05, 4.69) is 0 Å². The van der Waals surface area contributed by atoms with Gasteiger partial charge in [0.2, 0.25) is 0 Å². The summed E-state index contributed by atoms with van der Waals surface area (Å²) in [6, 6.07) is 18.7. The predicted molar refractivity (Wildman–Crippen MR) is 154 cm³/mol. The molecular formula is C29H30Cl3NO7. The van der Waals surface area contributed by atoms with Crippen molar-refractivity contribution in [3.8, 4) is 11.5 Å². The maximum absolute atomic E-state index is 12.9. The molecule has 1 amide bonds. The first-order valence-corrected chi connectivity index (χ1v) is 13.7. The Labute approximate surface area is 248 Å². The zero-order valence-electron chi connectivity index (χ0n) is 21.9. The van der Waals surface area contributed by atoms with Crippen molar-refractivity contribution in [3.05, 3.63) is 92.9 Å². The zero-order chi connectivity index (χ0) is 28.9. The number of carbonyl (C=O) groups is 2. The maximum Gasteiger partial charge on any atom is 0.415 e. The minimum absolute atomic E-state index is 0.190. The number of nitrogens with zero attached hydrogens (tertiary/aromatic N) is 1. The summed E-state index contributed by atoms with van der Waals surface area (Å²) in [7, 11) is 0. The van der Waals surface area contributed by atoms with Gasteiger partial charge in [0.1, 0.15) is 18.1 Å². The highest BCUT2D eigenvalue weighted by Gasteiger charge is 2.18. The van der Waals surface area contributed by atoms with Crippen LogP contribution in [0.2, 0.25) is 15.1 Å². The third-order valence-electron chi connectivity index (χ3n) is 5.59. The Balaban J connectivity index is 1.55. The summed E-state index contributed by atoms with van der Waals surface area (Å²) in [6.45, 7) is 3.24. The first kappa shape index (κ1) is 31.5. The molecule has 11 heteroatoms. The van der Waals surface area contributed by atoms with Gasteiger partial charge in [-0.3, -0.25) is 0 Å². The molecule has 0 aromatic heterocycles. The Hall–Kier alpha value is -3.01. The van der Waals surface area contributed by atoms with Gasteiger partial charge in [-0.25, -0.2) is 9.59 Å². The van der Waals surface area contributed by atoms with Gasteiger partial charge in [0, 0.05) is 34.6 Å². The van der Waals surface area contributed by atoms with Crippen LogP contribution in [0.15, 0.2) is 66.7 Å². The largest absolute Gasteiger partial charge is 0.492 e. The van der Waals surface area contributed by atoms with Gasteiger partial charge in [0.15, 0.2) is 6.10 Å². The van der Waals surface area contributed by atoms with Crippen molar-refractivity contribution in [2.75, 3.05) is 32.9 Å². The van der Waals surface area contributed by atoms with E-state index in [0.29, 0.717) is 33.2 Å². The SMILES string of the molecule is CCOC(Cc1ccc(OCCN(CCOCc2cc(Cl)cc(Cl)c2)C(=O)Oc2ccc(Cl)cc2)cc1)C(=O)O. The number of benzene rings is 3. The highest BCUT2D eigenvalue weighted by molar-refractivity contribution is 6.34. The second-order valence-corrected chi connectivity index (χ2v) is 9.93. The average Bonchev–Trinajstić information content (AvgIpc) is 2.91. The van der Waals surface area contributed by atoms with Crippen LogP contribution in [0.3, 0.4) is 0 Å². The molecule has 0 aliphatic rings. The minimum atomic E-state index is -1.01. The number of rotatable bonds is 15. The molecule has 3 rings (SSSR count). The molecule has 3 aromatic rings. The number of carboxylic acids is 1. The molecular weight excluding hydrogens is 581 g/mol. The number of ether oxygens (including phenoxy) is 4. The van der Waals surface area contributed by atoms with Crippen LogP contribution >= 0.6 is 34.8 Å². The fraction of sp³-hybridized carbons (Fsp3) is 0.310. The average molecular weight is 611 g/mol. The highest BCUT2D eigenvalue weighted by atomic mass is 35.5. The molecule has 1 atom stereocenters. The summed E-state index contributed by atoms with van der Waals surface area (Å²) in [5.41, 5.74) is 1.62. The molecule has 3 aromatic carbocycles. The van der Waals surface area contributed by atoms with Crippen molar-refractivity contribution in [3.63, 3.8) is 0 Å². The quantitative estimate of drug-likeness (QED) is 0.190. The minimum Gasteiger partial charge on any atom is -0.492 e. The van der Waals surface area contributed by atoms with Gasteiger partial charge in [-0.15, -0.1) is 0 Å². The van der Waals surface area contributed by atoms with Crippen molar-refractivity contribution >= 4 is 46.9 Å². The first-order chi connectivity index (χ1) is 19.2. The van der Waals surface area contributed by atoms with E-state index in [-0.39, 0.29) is 39.3 Å². The van der Waals surface area contributed by atoms with Gasteiger partial charge in [-0.1, -0.05) is 46.9 Å². The summed E-state index contributed by atoms with van der Waals surface area (Å²) in [5.74, 6) is -0.0719. The molecule has 0 aliphatic heterocycles. The Bertz CT molecular complexity index is 1220. The van der Waals surface area contributed by atoms with Crippen molar-refractivity contribution in [2.24, 2.45) is 0 Å². The van der Waals surface area contributed by atoms with Gasteiger partial charge in [-0.05, 0) is 72.6 Å². The van der Waals surface area contributed by atoms with Crippen LogP contribution in [0.5, 0.6) is 11.5 Å². The van der Waals surface area contributed by atoms with E-state index in [4.69, 9.17) is 53.8 Å². The van der Waals surface area contributed by atoms with Crippen LogP contribution in [0.1, 0.15) is 18.1 Å². The van der Waals surface area contributed by atoms with E-state index in [1.54, 1.807) is 73.7 Å². The lowest BCUT2D eigenvalue weighted by Gasteiger charge is -2.22. The Morgan fingerprint density at radius 1 is 0.825 bits per heavy atom. The molecule has 1 unspecified atom stereocenters. The van der Waals surface area contributed by atoms with Crippen LogP contribution in [0, 0.1) is 0 Å². The molecule has 0 aliphatic carbocycles. The van der Waals surface area contributed by atoms with E-state index in [1.807, 2.05) is 0 Å². The monoisotopic (exact) mass is 609 g/mol. The summed E-state index contributed by atoms with van der Waals surface area (Å²) >= 11 is 18.0. The smallest absolute Gasteiger partial charge is 0.415 e. The number of amides is 1. The van der Waals surface area contributed by atoms with Gasteiger partial charge >= 0.3 is 12.1 Å². The lowest BCUT2D eigenvalue weighted by atomic mass is 10.1. The number of hydrogen-bond donors (Lipinski definition) is 1. The predicted octanol–water partition coefficient (Wildman–Crippen LogP) is 6.78. The Morgan fingerprint density at radius 2 is 1.45 bits per heavy atom. The molecule has 214 valence electrons. The van der Waals surface area contributed by atoms with Crippen molar-refractivity contribution in [1.29, 1.82) is 0 Å². The fourth-order valence-electron chi connectivity index (χ4n) is 3.65. The fourth-order valence-corrected chi connectivity index (χ4v) is 4.35. The molecule has 40 heavy (non-hydrogen) atoms. The van der Waals surface area contributed by atoms with E-state index < -0.39 is 18.2 Å². The first-order valence-electron chi connectivity index (χ1n) is 12.5. The normalized spacial score (nSPS) is 11.6. The van der Waals surface area contributed by atoms with Crippen LogP contribution < -0.4 is 9.47 Å².